The fraction of sp³-hybridized carbons (Fsp3) is 0.333. The van der Waals surface area contributed by atoms with Gasteiger partial charge in [-0.25, -0.2) is 0 Å². The molecule has 112 valence electrons. The first-order valence-electron chi connectivity index (χ1n) is 6.64. The van der Waals surface area contributed by atoms with Crippen molar-refractivity contribution in [3.63, 3.8) is 0 Å². The van der Waals surface area contributed by atoms with Gasteiger partial charge in [-0.15, -0.1) is 0 Å². The summed E-state index contributed by atoms with van der Waals surface area (Å²) in [4.78, 5) is 22.9. The molecule has 1 aromatic rings. The highest BCUT2D eigenvalue weighted by molar-refractivity contribution is 6.42. The largest absolute Gasteiger partial charge is 0.481 e. The molecule has 0 spiro atoms. The Morgan fingerprint density at radius 3 is 2.76 bits per heavy atom. The number of carbonyl (C=O) groups excluding carboxylic acids is 1. The quantitative estimate of drug-likeness (QED) is 0.833. The molecule has 4 nitrogen and oxygen atoms in total. The lowest BCUT2D eigenvalue weighted by molar-refractivity contribution is -0.142. The molecule has 2 atom stereocenters. The highest BCUT2D eigenvalue weighted by Crippen LogP contribution is 2.27. The minimum Gasteiger partial charge on any atom is -0.481 e. The van der Waals surface area contributed by atoms with Crippen LogP contribution >= 0.6 is 23.2 Å². The number of rotatable bonds is 4. The Morgan fingerprint density at radius 2 is 2.05 bits per heavy atom. The van der Waals surface area contributed by atoms with E-state index in [4.69, 9.17) is 28.3 Å². The zero-order chi connectivity index (χ0) is 15.4. The molecule has 0 radical (unpaired) electrons. The molecule has 0 bridgehead atoms. The van der Waals surface area contributed by atoms with Crippen molar-refractivity contribution in [2.24, 2.45) is 5.92 Å². The number of benzene rings is 1. The molecule has 1 saturated carbocycles. The predicted molar refractivity (Wildman–Crippen MR) is 82.4 cm³/mol. The Kier molecular flexibility index (Phi) is 5.26. The van der Waals surface area contributed by atoms with Crippen LogP contribution in [-0.4, -0.2) is 23.0 Å². The third kappa shape index (κ3) is 3.99. The molecule has 1 aliphatic rings. The number of aliphatic carboxylic acids is 1. The van der Waals surface area contributed by atoms with Gasteiger partial charge in [-0.1, -0.05) is 41.8 Å². The number of amides is 1. The molecule has 0 saturated heterocycles. The highest BCUT2D eigenvalue weighted by Gasteiger charge is 2.33. The van der Waals surface area contributed by atoms with Gasteiger partial charge in [0.2, 0.25) is 5.91 Å². The van der Waals surface area contributed by atoms with Crippen LogP contribution in [0, 0.1) is 5.92 Å². The maximum atomic E-state index is 11.9. The van der Waals surface area contributed by atoms with Gasteiger partial charge in [0.25, 0.3) is 0 Å². The summed E-state index contributed by atoms with van der Waals surface area (Å²) in [7, 11) is 0. The third-order valence-electron chi connectivity index (χ3n) is 3.56. The van der Waals surface area contributed by atoms with Crippen LogP contribution in [0.3, 0.4) is 0 Å². The van der Waals surface area contributed by atoms with E-state index in [1.807, 2.05) is 0 Å². The second-order valence-corrected chi connectivity index (χ2v) is 5.75. The van der Waals surface area contributed by atoms with Gasteiger partial charge < -0.3 is 10.4 Å². The van der Waals surface area contributed by atoms with E-state index in [1.54, 1.807) is 24.3 Å². The Labute approximate surface area is 132 Å². The zero-order valence-electron chi connectivity index (χ0n) is 11.2. The second kappa shape index (κ2) is 6.96. The van der Waals surface area contributed by atoms with E-state index in [1.165, 1.54) is 6.08 Å². The van der Waals surface area contributed by atoms with E-state index in [0.717, 1.165) is 6.42 Å². The second-order valence-electron chi connectivity index (χ2n) is 4.97. The number of carbonyl (C=O) groups is 2. The lowest BCUT2D eigenvalue weighted by Crippen LogP contribution is -2.39. The fourth-order valence-electron chi connectivity index (χ4n) is 2.47. The van der Waals surface area contributed by atoms with Crippen molar-refractivity contribution in [3.05, 3.63) is 39.9 Å². The van der Waals surface area contributed by atoms with Gasteiger partial charge in [0.1, 0.15) is 0 Å². The van der Waals surface area contributed by atoms with Gasteiger partial charge in [0.15, 0.2) is 0 Å². The number of nitrogens with one attached hydrogen (secondary N) is 1. The lowest BCUT2D eigenvalue weighted by atomic mass is 10.0. The molecule has 1 aromatic carbocycles. The SMILES string of the molecule is O=C(C=Cc1cccc(Cl)c1Cl)NC1CCCC1C(=O)O. The average Bonchev–Trinajstić information content (AvgIpc) is 2.88. The number of halogens is 2. The Bertz CT molecular complexity index is 586. The molecular weight excluding hydrogens is 313 g/mol. The molecule has 0 heterocycles. The van der Waals surface area contributed by atoms with Crippen molar-refractivity contribution >= 4 is 41.2 Å². The summed E-state index contributed by atoms with van der Waals surface area (Å²) in [6.45, 7) is 0. The van der Waals surface area contributed by atoms with Gasteiger partial charge in [-0.3, -0.25) is 9.59 Å². The van der Waals surface area contributed by atoms with Crippen LogP contribution in [0.15, 0.2) is 24.3 Å². The van der Waals surface area contributed by atoms with Gasteiger partial charge in [0, 0.05) is 12.1 Å². The number of carboxylic acid groups (broad SMARTS) is 1. The van der Waals surface area contributed by atoms with Crippen LogP contribution in [-0.2, 0) is 9.59 Å². The average molecular weight is 328 g/mol. The van der Waals surface area contributed by atoms with E-state index >= 15 is 0 Å². The topological polar surface area (TPSA) is 66.4 Å². The van der Waals surface area contributed by atoms with Crippen molar-refractivity contribution in [1.29, 1.82) is 0 Å². The van der Waals surface area contributed by atoms with Crippen molar-refractivity contribution in [1.82, 2.24) is 5.32 Å². The highest BCUT2D eigenvalue weighted by atomic mass is 35.5. The standard InChI is InChI=1S/C15H15Cl2NO3/c16-11-5-1-3-9(14(11)17)7-8-13(19)18-12-6-2-4-10(12)15(20)21/h1,3,5,7-8,10,12H,2,4,6H2,(H,18,19)(H,20,21). The van der Waals surface area contributed by atoms with Gasteiger partial charge in [0.05, 0.1) is 16.0 Å². The molecule has 1 amide bonds. The van der Waals surface area contributed by atoms with Crippen LogP contribution in [0.2, 0.25) is 10.0 Å². The van der Waals surface area contributed by atoms with Crippen molar-refractivity contribution in [3.8, 4) is 0 Å². The molecular formula is C15H15Cl2NO3. The molecule has 6 heteroatoms. The summed E-state index contributed by atoms with van der Waals surface area (Å²) < 4.78 is 0. The maximum absolute atomic E-state index is 11.9. The molecule has 2 N–H and O–H groups in total. The van der Waals surface area contributed by atoms with E-state index < -0.39 is 11.9 Å². The first-order valence-corrected chi connectivity index (χ1v) is 7.40. The van der Waals surface area contributed by atoms with Gasteiger partial charge >= 0.3 is 5.97 Å². The van der Waals surface area contributed by atoms with Crippen LogP contribution < -0.4 is 5.32 Å². The third-order valence-corrected chi connectivity index (χ3v) is 4.39. The van der Waals surface area contributed by atoms with Gasteiger partial charge in [-0.05, 0) is 30.5 Å². The van der Waals surface area contributed by atoms with Crippen molar-refractivity contribution < 1.29 is 14.7 Å². The molecule has 1 aliphatic carbocycles. The molecule has 2 rings (SSSR count). The zero-order valence-corrected chi connectivity index (χ0v) is 12.7. The normalized spacial score (nSPS) is 21.6. The summed E-state index contributed by atoms with van der Waals surface area (Å²) in [6.07, 6.45) is 5.01. The van der Waals surface area contributed by atoms with Gasteiger partial charge in [-0.2, -0.15) is 0 Å². The Balaban J connectivity index is 2.00. The summed E-state index contributed by atoms with van der Waals surface area (Å²) in [6, 6.07) is 4.84. The lowest BCUT2D eigenvalue weighted by Gasteiger charge is -2.16. The van der Waals surface area contributed by atoms with Crippen molar-refractivity contribution in [2.75, 3.05) is 0 Å². The summed E-state index contributed by atoms with van der Waals surface area (Å²) in [5, 5.41) is 12.6. The van der Waals surface area contributed by atoms with Crippen LogP contribution in [0.1, 0.15) is 24.8 Å². The number of carboxylic acids is 1. The summed E-state index contributed by atoms with van der Waals surface area (Å²) in [5.74, 6) is -1.69. The van der Waals surface area contributed by atoms with Crippen LogP contribution in [0.5, 0.6) is 0 Å². The molecule has 0 aliphatic heterocycles. The monoisotopic (exact) mass is 327 g/mol. The predicted octanol–water partition coefficient (Wildman–Crippen LogP) is 3.38. The maximum Gasteiger partial charge on any atom is 0.308 e. The van der Waals surface area contributed by atoms with E-state index in [9.17, 15) is 9.59 Å². The Morgan fingerprint density at radius 1 is 1.29 bits per heavy atom. The van der Waals surface area contributed by atoms with E-state index in [0.29, 0.717) is 28.5 Å². The molecule has 21 heavy (non-hydrogen) atoms. The summed E-state index contributed by atoms with van der Waals surface area (Å²) in [5.41, 5.74) is 0.639. The molecule has 1 fully saturated rings. The molecule has 2 unspecified atom stereocenters. The first kappa shape index (κ1) is 15.9. The minimum absolute atomic E-state index is 0.311. The van der Waals surface area contributed by atoms with Crippen molar-refractivity contribution in [2.45, 2.75) is 25.3 Å². The van der Waals surface area contributed by atoms with E-state index in [2.05, 4.69) is 5.32 Å². The smallest absolute Gasteiger partial charge is 0.308 e. The number of hydrogen-bond donors (Lipinski definition) is 2. The minimum atomic E-state index is -0.861. The van der Waals surface area contributed by atoms with E-state index in [-0.39, 0.29) is 11.9 Å². The first-order chi connectivity index (χ1) is 9.99. The summed E-state index contributed by atoms with van der Waals surface area (Å²) >= 11 is 11.9. The van der Waals surface area contributed by atoms with Crippen LogP contribution in [0.4, 0.5) is 0 Å². The number of hydrogen-bond acceptors (Lipinski definition) is 2. The fourth-order valence-corrected chi connectivity index (χ4v) is 2.84. The Hall–Kier alpha value is -1.52. The molecule has 0 aromatic heterocycles. The van der Waals surface area contributed by atoms with Crippen LogP contribution in [0.25, 0.3) is 6.08 Å².